The average Bonchev–Trinajstić information content (AvgIpc) is 3.30. The maximum atomic E-state index is 13.7. The van der Waals surface area contributed by atoms with E-state index >= 15 is 0 Å². The number of thioether (sulfide) groups is 1. The number of nitrogens with zero attached hydrogens (tertiary/aromatic N) is 3. The number of esters is 1. The van der Waals surface area contributed by atoms with E-state index in [1.54, 1.807) is 16.8 Å². The third kappa shape index (κ3) is 5.09. The fourth-order valence-electron chi connectivity index (χ4n) is 4.08. The van der Waals surface area contributed by atoms with E-state index in [9.17, 15) is 9.59 Å². The van der Waals surface area contributed by atoms with E-state index in [2.05, 4.69) is 20.7 Å². The summed E-state index contributed by atoms with van der Waals surface area (Å²) in [5.74, 6) is 1.02. The number of anilines is 2. The predicted molar refractivity (Wildman–Crippen MR) is 139 cm³/mol. The van der Waals surface area contributed by atoms with Crippen molar-refractivity contribution in [2.45, 2.75) is 25.0 Å². The third-order valence-corrected chi connectivity index (χ3v) is 7.15. The molecular formula is C25H24ClN5O5S. The highest BCUT2D eigenvalue weighted by Crippen LogP contribution is 2.40. The first-order valence-electron chi connectivity index (χ1n) is 11.4. The normalized spacial score (nSPS) is 16.1. The van der Waals surface area contributed by atoms with Crippen molar-refractivity contribution in [1.82, 2.24) is 14.8 Å². The topological polar surface area (TPSA) is 117 Å². The van der Waals surface area contributed by atoms with Gasteiger partial charge in [0, 0.05) is 16.4 Å². The summed E-state index contributed by atoms with van der Waals surface area (Å²) in [7, 11) is 1.33. The zero-order valence-corrected chi connectivity index (χ0v) is 21.9. The second-order valence-electron chi connectivity index (χ2n) is 8.41. The van der Waals surface area contributed by atoms with Crippen molar-refractivity contribution >= 4 is 46.9 Å². The molecule has 3 aromatic rings. The van der Waals surface area contributed by atoms with Crippen molar-refractivity contribution in [2.24, 2.45) is 0 Å². The maximum Gasteiger partial charge on any atom is 0.316 e. The van der Waals surface area contributed by atoms with Crippen molar-refractivity contribution in [3.63, 3.8) is 0 Å². The number of allylic oxidation sites excluding steroid dienone is 1. The van der Waals surface area contributed by atoms with Crippen LogP contribution in [0, 0.1) is 6.92 Å². The molecule has 37 heavy (non-hydrogen) atoms. The first-order valence-corrected chi connectivity index (χ1v) is 12.8. The van der Waals surface area contributed by atoms with Gasteiger partial charge in [0.1, 0.15) is 19.3 Å². The Bertz CT molecular complexity index is 1420. The highest BCUT2D eigenvalue weighted by Gasteiger charge is 2.35. The minimum atomic E-state index is -0.632. The van der Waals surface area contributed by atoms with Gasteiger partial charge in [-0.2, -0.15) is 4.98 Å². The Hall–Kier alpha value is -3.70. The van der Waals surface area contributed by atoms with Gasteiger partial charge in [-0.05, 0) is 49.2 Å². The Morgan fingerprint density at radius 3 is 2.73 bits per heavy atom. The lowest BCUT2D eigenvalue weighted by molar-refractivity contribution is -0.137. The number of aryl methyl sites for hydroxylation is 1. The van der Waals surface area contributed by atoms with Crippen LogP contribution in [0.5, 0.6) is 11.5 Å². The molecule has 3 heterocycles. The summed E-state index contributed by atoms with van der Waals surface area (Å²) in [6, 6.07) is 10.3. The summed E-state index contributed by atoms with van der Waals surface area (Å²) < 4.78 is 17.8. The van der Waals surface area contributed by atoms with E-state index in [0.717, 1.165) is 22.9 Å². The molecule has 0 saturated carbocycles. The minimum Gasteiger partial charge on any atom is -0.486 e. The quantitative estimate of drug-likeness (QED) is 0.349. The highest BCUT2D eigenvalue weighted by molar-refractivity contribution is 7.99. The molecule has 2 aromatic carbocycles. The van der Waals surface area contributed by atoms with Crippen LogP contribution in [0.2, 0.25) is 5.02 Å². The summed E-state index contributed by atoms with van der Waals surface area (Å²) in [6.45, 7) is 4.61. The molecule has 1 amide bonds. The molecular weight excluding hydrogens is 518 g/mol. The van der Waals surface area contributed by atoms with E-state index in [-0.39, 0.29) is 17.6 Å². The molecule has 0 bridgehead atoms. The zero-order chi connectivity index (χ0) is 26.1. The molecule has 10 nitrogen and oxygen atoms in total. The largest absolute Gasteiger partial charge is 0.486 e. The summed E-state index contributed by atoms with van der Waals surface area (Å²) in [4.78, 5) is 29.9. The van der Waals surface area contributed by atoms with Crippen LogP contribution >= 0.6 is 23.4 Å². The average molecular weight is 542 g/mol. The number of carbonyl (C=O) groups excluding carboxylic acids is 2. The molecule has 0 aliphatic carbocycles. The summed E-state index contributed by atoms with van der Waals surface area (Å²) >= 11 is 7.42. The first kappa shape index (κ1) is 25.0. The second kappa shape index (κ2) is 10.3. The van der Waals surface area contributed by atoms with Crippen molar-refractivity contribution in [1.29, 1.82) is 0 Å². The van der Waals surface area contributed by atoms with Crippen molar-refractivity contribution in [3.8, 4) is 11.5 Å². The lowest BCUT2D eigenvalue weighted by Crippen LogP contribution is -2.31. The fraction of sp³-hybridized carbons (Fsp3) is 0.280. The van der Waals surface area contributed by atoms with Crippen molar-refractivity contribution in [3.05, 3.63) is 63.8 Å². The SMILES string of the molecule is COC(=O)CSc1nc2n(n1)C(c1ccc3c(c1)OCCO3)C(C(=O)Nc1ccc(C)c(Cl)c1)=C(C)N2. The summed E-state index contributed by atoms with van der Waals surface area (Å²) in [6.07, 6.45) is 0. The van der Waals surface area contributed by atoms with E-state index < -0.39 is 6.04 Å². The van der Waals surface area contributed by atoms with Crippen LogP contribution in [0.15, 0.2) is 52.8 Å². The monoisotopic (exact) mass is 541 g/mol. The lowest BCUT2D eigenvalue weighted by atomic mass is 9.94. The number of methoxy groups -OCH3 is 1. The zero-order valence-electron chi connectivity index (χ0n) is 20.3. The Labute approximate surface area is 222 Å². The summed E-state index contributed by atoms with van der Waals surface area (Å²) in [5.41, 5.74) is 3.29. The van der Waals surface area contributed by atoms with Crippen LogP contribution in [0.3, 0.4) is 0 Å². The predicted octanol–water partition coefficient (Wildman–Crippen LogP) is 4.20. The molecule has 2 aliphatic rings. The number of fused-ring (bicyclic) bond motifs is 2. The molecule has 1 unspecified atom stereocenters. The number of aromatic nitrogens is 3. The summed E-state index contributed by atoms with van der Waals surface area (Å²) in [5, 5.41) is 11.7. The second-order valence-corrected chi connectivity index (χ2v) is 9.76. The van der Waals surface area contributed by atoms with Gasteiger partial charge in [0.2, 0.25) is 11.1 Å². The number of hydrogen-bond acceptors (Lipinski definition) is 9. The molecule has 0 saturated heterocycles. The molecule has 5 rings (SSSR count). The molecule has 1 aromatic heterocycles. The Balaban J connectivity index is 1.54. The number of benzene rings is 2. The lowest BCUT2D eigenvalue weighted by Gasteiger charge is -2.29. The molecule has 1 atom stereocenters. The Kier molecular flexibility index (Phi) is 6.98. The number of halogens is 1. The van der Waals surface area contributed by atoms with E-state index in [4.69, 9.17) is 25.8 Å². The highest BCUT2D eigenvalue weighted by atomic mass is 35.5. The third-order valence-electron chi connectivity index (χ3n) is 5.94. The van der Waals surface area contributed by atoms with Crippen LogP contribution in [0.4, 0.5) is 11.6 Å². The number of hydrogen-bond donors (Lipinski definition) is 2. The maximum absolute atomic E-state index is 13.7. The van der Waals surface area contributed by atoms with Crippen LogP contribution in [0.25, 0.3) is 0 Å². The van der Waals surface area contributed by atoms with E-state index in [0.29, 0.717) is 57.8 Å². The van der Waals surface area contributed by atoms with Crippen molar-refractivity contribution < 1.29 is 23.8 Å². The number of ether oxygens (including phenoxy) is 3. The van der Waals surface area contributed by atoms with Gasteiger partial charge in [0.15, 0.2) is 11.5 Å². The van der Waals surface area contributed by atoms with Crippen LogP contribution in [-0.2, 0) is 14.3 Å². The van der Waals surface area contributed by atoms with E-state index in [1.807, 2.05) is 38.1 Å². The number of nitrogens with one attached hydrogen (secondary N) is 2. The standard InChI is InChI=1S/C25H24ClN5O5S/c1-13-4-6-16(11-17(13)26)28-23(33)21-14(2)27-24-29-25(37-12-20(32)34-3)30-31(24)22(21)15-5-7-18-19(10-15)36-9-8-35-18/h4-7,10-11,22H,8-9,12H2,1-3H3,(H,28,33)(H,27,29,30). The molecule has 2 N–H and O–H groups in total. The molecule has 0 radical (unpaired) electrons. The van der Waals surface area contributed by atoms with Gasteiger partial charge >= 0.3 is 5.97 Å². The fourth-order valence-corrected chi connectivity index (χ4v) is 4.92. The van der Waals surface area contributed by atoms with Gasteiger partial charge in [-0.15, -0.1) is 5.10 Å². The molecule has 0 fully saturated rings. The smallest absolute Gasteiger partial charge is 0.316 e. The molecule has 12 heteroatoms. The number of carbonyl (C=O) groups is 2. The van der Waals surface area contributed by atoms with Crippen LogP contribution in [0.1, 0.15) is 24.1 Å². The van der Waals surface area contributed by atoms with Crippen LogP contribution in [-0.4, -0.2) is 52.7 Å². The van der Waals surface area contributed by atoms with Gasteiger partial charge in [-0.25, -0.2) is 4.68 Å². The first-order chi connectivity index (χ1) is 17.8. The van der Waals surface area contributed by atoms with E-state index in [1.165, 1.54) is 7.11 Å². The number of rotatable bonds is 6. The van der Waals surface area contributed by atoms with Gasteiger partial charge in [-0.1, -0.05) is 35.5 Å². The number of amides is 1. The van der Waals surface area contributed by atoms with Gasteiger partial charge in [-0.3, -0.25) is 9.59 Å². The van der Waals surface area contributed by atoms with Gasteiger partial charge in [0.05, 0.1) is 18.4 Å². The molecule has 2 aliphatic heterocycles. The van der Waals surface area contributed by atoms with Gasteiger partial charge < -0.3 is 24.8 Å². The van der Waals surface area contributed by atoms with Crippen LogP contribution < -0.4 is 20.1 Å². The molecule has 0 spiro atoms. The minimum absolute atomic E-state index is 0.0581. The van der Waals surface area contributed by atoms with Crippen molar-refractivity contribution in [2.75, 3.05) is 36.7 Å². The Morgan fingerprint density at radius 1 is 1.19 bits per heavy atom. The van der Waals surface area contributed by atoms with Gasteiger partial charge in [0.25, 0.3) is 5.91 Å². The Morgan fingerprint density at radius 2 is 1.97 bits per heavy atom. The molecule has 192 valence electrons.